The van der Waals surface area contributed by atoms with Gasteiger partial charge in [0, 0.05) is 13.2 Å². The first-order valence-electron chi connectivity index (χ1n) is 4.32. The third kappa shape index (κ3) is 3.71. The number of hydrogen-bond donors (Lipinski definition) is 0. The molecule has 5 nitrogen and oxygen atoms in total. The third-order valence-electron chi connectivity index (χ3n) is 2.03. The summed E-state index contributed by atoms with van der Waals surface area (Å²) in [6.07, 6.45) is 1.06. The molecule has 0 heterocycles. The molecule has 0 atom stereocenters. The Balaban J connectivity index is 5.15. The second kappa shape index (κ2) is 5.50. The van der Waals surface area contributed by atoms with Gasteiger partial charge >= 0.3 is 11.9 Å². The topological polar surface area (TPSA) is 61.8 Å². The monoisotopic (exact) mass is 216 g/mol. The Morgan fingerprint density at radius 3 is 1.93 bits per heavy atom. The van der Waals surface area contributed by atoms with Crippen LogP contribution >= 0.6 is 0 Å². The van der Waals surface area contributed by atoms with E-state index in [1.165, 1.54) is 21.3 Å². The fourth-order valence-electron chi connectivity index (χ4n) is 0.875. The smallest absolute Gasteiger partial charge is 0.336 e. The van der Waals surface area contributed by atoms with Gasteiger partial charge in [0.25, 0.3) is 0 Å². The molecular weight excluding hydrogens is 200 g/mol. The molecule has 15 heavy (non-hydrogen) atoms. The van der Waals surface area contributed by atoms with Crippen molar-refractivity contribution in [1.82, 2.24) is 0 Å². The van der Waals surface area contributed by atoms with Gasteiger partial charge in [0.05, 0.1) is 25.4 Å². The van der Waals surface area contributed by atoms with Gasteiger partial charge in [0.2, 0.25) is 0 Å². The summed E-state index contributed by atoms with van der Waals surface area (Å²) in [5, 5.41) is 0. The highest BCUT2D eigenvalue weighted by Gasteiger charge is 2.30. The molecule has 0 radical (unpaired) electrons. The van der Waals surface area contributed by atoms with Crippen LogP contribution in [0, 0.1) is 0 Å². The van der Waals surface area contributed by atoms with Crippen LogP contribution in [0.1, 0.15) is 13.8 Å². The number of methoxy groups -OCH3 is 3. The van der Waals surface area contributed by atoms with E-state index in [2.05, 4.69) is 9.47 Å². The van der Waals surface area contributed by atoms with E-state index >= 15 is 0 Å². The lowest BCUT2D eigenvalue weighted by atomic mass is 9.97. The Bertz CT molecular complexity index is 278. The van der Waals surface area contributed by atoms with Crippen molar-refractivity contribution in [3.05, 3.63) is 11.6 Å². The lowest BCUT2D eigenvalue weighted by Gasteiger charge is -2.24. The van der Waals surface area contributed by atoms with Crippen molar-refractivity contribution in [3.63, 3.8) is 0 Å². The molecule has 0 aliphatic rings. The number of ether oxygens (including phenoxy) is 3. The standard InChI is InChI=1S/C10H16O5/c1-10(2,15-5)7(9(12)14-4)6-8(11)13-3/h6H,1-5H3/b7-6+. The van der Waals surface area contributed by atoms with E-state index in [1.807, 2.05) is 0 Å². The number of carbonyl (C=O) groups excluding carboxylic acids is 2. The molecule has 0 unspecified atom stereocenters. The highest BCUT2D eigenvalue weighted by atomic mass is 16.5. The molecule has 0 aliphatic carbocycles. The molecule has 0 N–H and O–H groups in total. The van der Waals surface area contributed by atoms with Crippen LogP contribution in [0.2, 0.25) is 0 Å². The highest BCUT2D eigenvalue weighted by Crippen LogP contribution is 2.21. The van der Waals surface area contributed by atoms with Crippen LogP contribution in [0.5, 0.6) is 0 Å². The zero-order chi connectivity index (χ0) is 12.1. The van der Waals surface area contributed by atoms with E-state index in [1.54, 1.807) is 13.8 Å². The zero-order valence-electron chi connectivity index (χ0n) is 9.62. The largest absolute Gasteiger partial charge is 0.466 e. The summed E-state index contributed by atoms with van der Waals surface area (Å²) >= 11 is 0. The molecule has 0 aliphatic heterocycles. The molecule has 86 valence electrons. The van der Waals surface area contributed by atoms with Gasteiger partial charge in [-0.25, -0.2) is 9.59 Å². The second-order valence-corrected chi connectivity index (χ2v) is 3.29. The Morgan fingerprint density at radius 2 is 1.60 bits per heavy atom. The molecule has 0 spiro atoms. The van der Waals surface area contributed by atoms with Crippen molar-refractivity contribution in [3.8, 4) is 0 Å². The maximum absolute atomic E-state index is 11.4. The van der Waals surface area contributed by atoms with Gasteiger partial charge < -0.3 is 14.2 Å². The number of hydrogen-bond acceptors (Lipinski definition) is 5. The van der Waals surface area contributed by atoms with Crippen molar-refractivity contribution in [2.45, 2.75) is 19.4 Å². The van der Waals surface area contributed by atoms with Gasteiger partial charge in [0.15, 0.2) is 0 Å². The number of carbonyl (C=O) groups is 2. The molecule has 0 aromatic carbocycles. The van der Waals surface area contributed by atoms with Crippen LogP contribution < -0.4 is 0 Å². The Labute approximate surface area is 89.0 Å². The van der Waals surface area contributed by atoms with E-state index in [9.17, 15) is 9.59 Å². The van der Waals surface area contributed by atoms with Crippen LogP contribution in [0.15, 0.2) is 11.6 Å². The fraction of sp³-hybridized carbons (Fsp3) is 0.600. The summed E-state index contributed by atoms with van der Waals surface area (Å²) < 4.78 is 14.1. The molecule has 0 aromatic heterocycles. The average molecular weight is 216 g/mol. The van der Waals surface area contributed by atoms with Crippen LogP contribution in [-0.2, 0) is 23.8 Å². The summed E-state index contributed by atoms with van der Waals surface area (Å²) in [4.78, 5) is 22.4. The Morgan fingerprint density at radius 1 is 1.07 bits per heavy atom. The van der Waals surface area contributed by atoms with Crippen LogP contribution in [0.4, 0.5) is 0 Å². The normalized spacial score (nSPS) is 12.2. The van der Waals surface area contributed by atoms with Crippen molar-refractivity contribution in [2.75, 3.05) is 21.3 Å². The zero-order valence-corrected chi connectivity index (χ0v) is 9.62. The van der Waals surface area contributed by atoms with Crippen LogP contribution in [0.3, 0.4) is 0 Å². The minimum atomic E-state index is -0.902. The second-order valence-electron chi connectivity index (χ2n) is 3.29. The highest BCUT2D eigenvalue weighted by molar-refractivity contribution is 5.97. The van der Waals surface area contributed by atoms with E-state index in [0.29, 0.717) is 0 Å². The Kier molecular flexibility index (Phi) is 5.00. The van der Waals surface area contributed by atoms with E-state index in [4.69, 9.17) is 4.74 Å². The molecule has 0 rings (SSSR count). The molecule has 0 bridgehead atoms. The van der Waals surface area contributed by atoms with Crippen molar-refractivity contribution in [1.29, 1.82) is 0 Å². The fourth-order valence-corrected chi connectivity index (χ4v) is 0.875. The first kappa shape index (κ1) is 13.6. The summed E-state index contributed by atoms with van der Waals surface area (Å²) in [7, 11) is 3.90. The molecule has 0 saturated carbocycles. The summed E-state index contributed by atoms with van der Waals surface area (Å²) in [6.45, 7) is 3.30. The lowest BCUT2D eigenvalue weighted by molar-refractivity contribution is -0.140. The molecule has 5 heteroatoms. The molecule has 0 saturated heterocycles. The van der Waals surface area contributed by atoms with Crippen LogP contribution in [-0.4, -0.2) is 38.9 Å². The van der Waals surface area contributed by atoms with Gasteiger partial charge in [-0.2, -0.15) is 0 Å². The lowest BCUT2D eigenvalue weighted by Crippen LogP contribution is -2.31. The third-order valence-corrected chi connectivity index (χ3v) is 2.03. The van der Waals surface area contributed by atoms with Gasteiger partial charge in [0.1, 0.15) is 0 Å². The molecular formula is C10H16O5. The first-order valence-corrected chi connectivity index (χ1v) is 4.32. The SMILES string of the molecule is COC(=O)/C=C(\C(=O)OC)C(C)(C)OC. The van der Waals surface area contributed by atoms with Gasteiger partial charge in [-0.05, 0) is 13.8 Å². The minimum absolute atomic E-state index is 0.111. The number of rotatable bonds is 4. The summed E-state index contributed by atoms with van der Waals surface area (Å²) in [5.74, 6) is -1.24. The van der Waals surface area contributed by atoms with Gasteiger partial charge in [-0.3, -0.25) is 0 Å². The van der Waals surface area contributed by atoms with E-state index in [-0.39, 0.29) is 5.57 Å². The van der Waals surface area contributed by atoms with Gasteiger partial charge in [-0.1, -0.05) is 0 Å². The Hall–Kier alpha value is -1.36. The first-order chi connectivity index (χ1) is 6.88. The average Bonchev–Trinajstić information content (AvgIpc) is 2.24. The maximum atomic E-state index is 11.4. The summed E-state index contributed by atoms with van der Waals surface area (Å²) in [5.41, 5.74) is -0.791. The molecule has 0 fully saturated rings. The van der Waals surface area contributed by atoms with E-state index in [0.717, 1.165) is 6.08 Å². The van der Waals surface area contributed by atoms with Crippen LogP contribution in [0.25, 0.3) is 0 Å². The molecule has 0 aromatic rings. The quantitative estimate of drug-likeness (QED) is 0.511. The predicted molar refractivity (Wildman–Crippen MR) is 53.2 cm³/mol. The predicted octanol–water partition coefficient (Wildman–Crippen LogP) is 0.684. The van der Waals surface area contributed by atoms with E-state index < -0.39 is 17.5 Å². The van der Waals surface area contributed by atoms with Crippen molar-refractivity contribution >= 4 is 11.9 Å². The van der Waals surface area contributed by atoms with Crippen molar-refractivity contribution in [2.24, 2.45) is 0 Å². The minimum Gasteiger partial charge on any atom is -0.466 e. The van der Waals surface area contributed by atoms with Gasteiger partial charge in [-0.15, -0.1) is 0 Å². The summed E-state index contributed by atoms with van der Waals surface area (Å²) in [6, 6.07) is 0. The maximum Gasteiger partial charge on any atom is 0.336 e. The number of esters is 2. The molecule has 0 amide bonds. The van der Waals surface area contributed by atoms with Crippen molar-refractivity contribution < 1.29 is 23.8 Å².